The minimum Gasteiger partial charge on any atom is -0.390 e. The van der Waals surface area contributed by atoms with Gasteiger partial charge in [-0.2, -0.15) is 0 Å². The zero-order valence-corrected chi connectivity index (χ0v) is 28.1. The smallest absolute Gasteiger partial charge is 0.193 e. The molecule has 1 saturated heterocycles. The quantitative estimate of drug-likeness (QED) is 0.320. The first kappa shape index (κ1) is 33.3. The van der Waals surface area contributed by atoms with Gasteiger partial charge in [-0.1, -0.05) is 56.3 Å². The predicted octanol–water partition coefficient (Wildman–Crippen LogP) is 6.30. The van der Waals surface area contributed by atoms with Crippen molar-refractivity contribution in [3.8, 4) is 0 Å². The van der Waals surface area contributed by atoms with E-state index < -0.39 is 76.8 Å². The highest BCUT2D eigenvalue weighted by molar-refractivity contribution is 6.01. The minimum atomic E-state index is -2.29. The van der Waals surface area contributed by atoms with Crippen LogP contribution in [0.4, 0.5) is 14.5 Å². The van der Waals surface area contributed by atoms with Crippen molar-refractivity contribution in [2.75, 3.05) is 11.9 Å². The van der Waals surface area contributed by atoms with Crippen LogP contribution in [-0.2, 0) is 19.1 Å². The minimum absolute atomic E-state index is 0.0426. The molecule has 2 aromatic carbocycles. The Bertz CT molecular complexity index is 1690. The summed E-state index contributed by atoms with van der Waals surface area (Å²) >= 11 is 0. The lowest BCUT2D eigenvalue weighted by atomic mass is 9.44. The Hall–Kier alpha value is -3.24. The summed E-state index contributed by atoms with van der Waals surface area (Å²) in [5, 5.41) is 25.4. The number of alkyl halides is 2. The lowest BCUT2D eigenvalue weighted by molar-refractivity contribution is -0.235. The molecule has 0 amide bonds. The number of hydrogen-bond acceptors (Lipinski definition) is 7. The number of fused-ring (bicyclic) bond motifs is 7. The highest BCUT2D eigenvalue weighted by Crippen LogP contribution is 2.72. The molecular formula is C39H45F2NO6. The van der Waals surface area contributed by atoms with E-state index in [-0.39, 0.29) is 30.8 Å². The summed E-state index contributed by atoms with van der Waals surface area (Å²) in [6.45, 7) is 8.84. The maximum Gasteiger partial charge on any atom is 0.193 e. The van der Waals surface area contributed by atoms with Gasteiger partial charge >= 0.3 is 0 Å². The van der Waals surface area contributed by atoms with Crippen LogP contribution in [0.3, 0.4) is 0 Å². The molecule has 3 N–H and O–H groups in total. The Kier molecular flexibility index (Phi) is 7.90. The third kappa shape index (κ3) is 4.50. The van der Waals surface area contributed by atoms with E-state index in [0.29, 0.717) is 11.6 Å². The van der Waals surface area contributed by atoms with E-state index in [1.807, 2.05) is 36.4 Å². The van der Waals surface area contributed by atoms with Crippen LogP contribution < -0.4 is 5.32 Å². The van der Waals surface area contributed by atoms with E-state index in [1.165, 1.54) is 12.2 Å². The number of hydrogen-bond donors (Lipinski definition) is 3. The molecule has 1 heterocycles. The van der Waals surface area contributed by atoms with Gasteiger partial charge in [0.25, 0.3) is 0 Å². The van der Waals surface area contributed by atoms with Gasteiger partial charge in [-0.05, 0) is 86.9 Å². The van der Waals surface area contributed by atoms with Gasteiger partial charge in [0.1, 0.15) is 12.8 Å². The highest BCUT2D eigenvalue weighted by Gasteiger charge is 2.80. The van der Waals surface area contributed by atoms with Gasteiger partial charge in [-0.15, -0.1) is 0 Å². The first-order valence-corrected chi connectivity index (χ1v) is 17.1. The van der Waals surface area contributed by atoms with E-state index in [0.717, 1.165) is 22.9 Å². The fourth-order valence-electron chi connectivity index (χ4n) is 10.1. The fourth-order valence-corrected chi connectivity index (χ4v) is 10.1. The van der Waals surface area contributed by atoms with Gasteiger partial charge in [-0.25, -0.2) is 8.78 Å². The summed E-state index contributed by atoms with van der Waals surface area (Å²) in [6.07, 6.45) is -1.37. The zero-order chi connectivity index (χ0) is 34.4. The number of carbonyl (C=O) groups is 2. The summed E-state index contributed by atoms with van der Waals surface area (Å²) in [4.78, 5) is 26.0. The Balaban J connectivity index is 1.18. The molecule has 3 saturated carbocycles. The molecular weight excluding hydrogens is 616 g/mol. The first-order valence-electron chi connectivity index (χ1n) is 17.1. The largest absolute Gasteiger partial charge is 0.390 e. The van der Waals surface area contributed by atoms with Crippen molar-refractivity contribution in [3.05, 3.63) is 89.0 Å². The van der Waals surface area contributed by atoms with Gasteiger partial charge in [-0.3, -0.25) is 9.59 Å². The van der Waals surface area contributed by atoms with E-state index in [9.17, 15) is 19.8 Å². The van der Waals surface area contributed by atoms with Crippen molar-refractivity contribution in [1.82, 2.24) is 0 Å². The molecule has 0 spiro atoms. The number of nitrogens with one attached hydrogen (secondary N) is 1. The Morgan fingerprint density at radius 2 is 1.79 bits per heavy atom. The average Bonchev–Trinajstić information content (AvgIpc) is 3.56. The summed E-state index contributed by atoms with van der Waals surface area (Å²) in [5.41, 5.74) is -2.63. The monoisotopic (exact) mass is 661 g/mol. The molecule has 2 aromatic rings. The molecule has 0 aromatic heterocycles. The molecule has 11 atom stereocenters. The molecule has 4 fully saturated rings. The number of carbonyl (C=O) groups excluding carboxylic acids is 2. The number of benzene rings is 2. The van der Waals surface area contributed by atoms with Crippen LogP contribution >= 0.6 is 0 Å². The summed E-state index contributed by atoms with van der Waals surface area (Å²) < 4.78 is 46.6. The van der Waals surface area contributed by atoms with E-state index in [1.54, 1.807) is 13.8 Å². The number of aliphatic hydroxyl groups excluding tert-OH is 2. The number of ketones is 2. The molecule has 256 valence electrons. The second kappa shape index (κ2) is 11.4. The molecule has 5 aliphatic rings. The van der Waals surface area contributed by atoms with Crippen molar-refractivity contribution in [3.63, 3.8) is 0 Å². The van der Waals surface area contributed by atoms with Crippen LogP contribution in [0.2, 0.25) is 0 Å². The van der Waals surface area contributed by atoms with Crippen molar-refractivity contribution >= 4 is 17.3 Å². The number of anilines is 1. The number of Topliss-reactive ketones (excluding diaryl/α,β-unsaturated/α-hetero) is 1. The lowest BCUT2D eigenvalue weighted by Crippen LogP contribution is -2.70. The number of allylic oxidation sites excluding steroid dienone is 4. The van der Waals surface area contributed by atoms with Gasteiger partial charge in [0.2, 0.25) is 0 Å². The van der Waals surface area contributed by atoms with Gasteiger partial charge in [0.15, 0.2) is 29.1 Å². The van der Waals surface area contributed by atoms with Gasteiger partial charge in [0.05, 0.1) is 12.2 Å². The Labute approximate surface area is 280 Å². The van der Waals surface area contributed by atoms with Crippen LogP contribution in [0.1, 0.15) is 82.8 Å². The number of rotatable bonds is 7. The van der Waals surface area contributed by atoms with Crippen LogP contribution in [0.25, 0.3) is 0 Å². The number of ether oxygens (including phenoxy) is 2. The highest BCUT2D eigenvalue weighted by atomic mass is 19.1. The van der Waals surface area contributed by atoms with Gasteiger partial charge < -0.3 is 25.0 Å². The summed E-state index contributed by atoms with van der Waals surface area (Å²) in [6, 6.07) is 16.5. The number of halogens is 2. The topological polar surface area (TPSA) is 105 Å². The second-order valence-electron chi connectivity index (χ2n) is 15.3. The average molecular weight is 662 g/mol. The molecule has 7 rings (SSSR count). The third-order valence-corrected chi connectivity index (χ3v) is 12.5. The van der Waals surface area contributed by atoms with Crippen molar-refractivity contribution in [1.29, 1.82) is 0 Å². The van der Waals surface area contributed by atoms with Crippen LogP contribution in [0, 0.1) is 22.7 Å². The maximum atomic E-state index is 17.6. The standard InChI is InChI=1S/C39H45F2NO6/c1-21(2)42-26-8-6-7-25(15-26)22(3)23-9-11-24(12-10-23)35-47-34-18-28-29-17-31(40)30-16-27(44)13-14-36(30,4)38(29,41)32(45)19-37(28,5)39(34,48-35)33(46)20-43/h6-16,21-22,28-29,31-32,34-35,42-43,45H,17-20H2,1-5H3/t22-,28-,29-,31-,32-,34+,35+,36-,37-,38-,39+/m0/s1. The van der Waals surface area contributed by atoms with E-state index in [2.05, 4.69) is 38.2 Å². The molecule has 4 aliphatic carbocycles. The van der Waals surface area contributed by atoms with Crippen molar-refractivity contribution in [2.45, 2.75) is 102 Å². The molecule has 0 bridgehead atoms. The van der Waals surface area contributed by atoms with Crippen molar-refractivity contribution in [2.24, 2.45) is 22.7 Å². The lowest BCUT2D eigenvalue weighted by Gasteiger charge is -2.63. The molecule has 1 aliphatic heterocycles. The van der Waals surface area contributed by atoms with Crippen LogP contribution in [0.5, 0.6) is 0 Å². The maximum absolute atomic E-state index is 17.6. The van der Waals surface area contributed by atoms with Crippen molar-refractivity contribution < 1.29 is 38.1 Å². The molecule has 0 radical (unpaired) electrons. The van der Waals surface area contributed by atoms with E-state index >= 15 is 8.78 Å². The molecule has 9 heteroatoms. The molecule has 7 nitrogen and oxygen atoms in total. The van der Waals surface area contributed by atoms with Crippen LogP contribution in [-0.4, -0.2) is 64.1 Å². The predicted molar refractivity (Wildman–Crippen MR) is 177 cm³/mol. The normalized spacial score (nSPS) is 40.5. The molecule has 48 heavy (non-hydrogen) atoms. The summed E-state index contributed by atoms with van der Waals surface area (Å²) in [5.74, 6) is -2.49. The summed E-state index contributed by atoms with van der Waals surface area (Å²) in [7, 11) is 0. The first-order chi connectivity index (χ1) is 22.7. The zero-order valence-electron chi connectivity index (χ0n) is 28.1. The Morgan fingerprint density at radius 3 is 2.48 bits per heavy atom. The number of aliphatic hydroxyl groups is 2. The second-order valence-corrected chi connectivity index (χ2v) is 15.3. The molecule has 0 unspecified atom stereocenters. The van der Waals surface area contributed by atoms with Crippen LogP contribution in [0.15, 0.2) is 72.3 Å². The fraction of sp³-hybridized carbons (Fsp3) is 0.538. The third-order valence-electron chi connectivity index (χ3n) is 12.5. The Morgan fingerprint density at radius 1 is 1.06 bits per heavy atom. The van der Waals surface area contributed by atoms with E-state index in [4.69, 9.17) is 9.47 Å². The van der Waals surface area contributed by atoms with Gasteiger partial charge in [0, 0.05) is 40.0 Å². The SMILES string of the molecule is CC(C)Nc1cccc([C@@H](C)c2ccc([C@@H]3O[C@@H]4C[C@H]5[C@@H]6C[C@H](F)C7=CC(=O)C=C[C@]7(C)[C@@]6(F)[C@@H](O)C[C@]5(C)[C@]4(C(=O)CO)O3)cc2)c1.